The summed E-state index contributed by atoms with van der Waals surface area (Å²) in [6.45, 7) is 4.03. The molecule has 0 radical (unpaired) electrons. The number of benzene rings is 1. The summed E-state index contributed by atoms with van der Waals surface area (Å²) in [7, 11) is 2.19. The van der Waals surface area contributed by atoms with Crippen LogP contribution in [-0.2, 0) is 6.54 Å². The quantitative estimate of drug-likeness (QED) is 0.925. The molecule has 1 aromatic carbocycles. The number of nitrogens with two attached hydrogens (primary N) is 1. The van der Waals surface area contributed by atoms with Crippen LogP contribution in [0.25, 0.3) is 0 Å². The number of nitrogens with zero attached hydrogens (tertiary/aromatic N) is 1. The molecule has 1 fully saturated rings. The van der Waals surface area contributed by atoms with Gasteiger partial charge in [-0.1, -0.05) is 41.1 Å². The summed E-state index contributed by atoms with van der Waals surface area (Å²) in [5, 5.41) is 0. The Bertz CT molecular complexity index is 386. The largest absolute Gasteiger partial charge is 0.329 e. The molecule has 94 valence electrons. The molecule has 0 spiro atoms. The van der Waals surface area contributed by atoms with Gasteiger partial charge in [-0.15, -0.1) is 0 Å². The van der Waals surface area contributed by atoms with Crippen LogP contribution < -0.4 is 5.73 Å². The standard InChI is InChI=1S/C14H21BrN2/c1-11-7-14(8-11,10-16)17(2)9-12-5-3-4-6-13(12)15/h3-6,11H,7-10,16H2,1-2H3. The highest BCUT2D eigenvalue weighted by molar-refractivity contribution is 9.10. The topological polar surface area (TPSA) is 29.3 Å². The molecule has 1 aliphatic rings. The van der Waals surface area contributed by atoms with Crippen molar-refractivity contribution in [2.24, 2.45) is 11.7 Å². The highest BCUT2D eigenvalue weighted by Crippen LogP contribution is 2.41. The first-order valence-electron chi connectivity index (χ1n) is 6.22. The Labute approximate surface area is 112 Å². The van der Waals surface area contributed by atoms with E-state index < -0.39 is 0 Å². The van der Waals surface area contributed by atoms with Crippen LogP contribution in [0.5, 0.6) is 0 Å². The van der Waals surface area contributed by atoms with E-state index in [-0.39, 0.29) is 5.54 Å². The predicted octanol–water partition coefficient (Wildman–Crippen LogP) is 3.01. The van der Waals surface area contributed by atoms with Crippen molar-refractivity contribution in [1.82, 2.24) is 4.90 Å². The number of likely N-dealkylation sites (N-methyl/N-ethyl adjacent to an activating group) is 1. The van der Waals surface area contributed by atoms with Crippen molar-refractivity contribution in [1.29, 1.82) is 0 Å². The molecule has 2 N–H and O–H groups in total. The van der Waals surface area contributed by atoms with Gasteiger partial charge in [0, 0.05) is 23.1 Å². The van der Waals surface area contributed by atoms with E-state index in [1.165, 1.54) is 22.9 Å². The van der Waals surface area contributed by atoms with Gasteiger partial charge in [0.25, 0.3) is 0 Å². The molecule has 0 heterocycles. The van der Waals surface area contributed by atoms with Crippen molar-refractivity contribution in [2.45, 2.75) is 31.8 Å². The molecule has 2 nitrogen and oxygen atoms in total. The number of hydrogen-bond acceptors (Lipinski definition) is 2. The van der Waals surface area contributed by atoms with Crippen LogP contribution in [0, 0.1) is 5.92 Å². The van der Waals surface area contributed by atoms with Gasteiger partial charge < -0.3 is 5.73 Å². The van der Waals surface area contributed by atoms with Crippen LogP contribution in [0.4, 0.5) is 0 Å². The minimum atomic E-state index is 0.231. The minimum absolute atomic E-state index is 0.231. The third kappa shape index (κ3) is 2.56. The molecule has 2 rings (SSSR count). The predicted molar refractivity (Wildman–Crippen MR) is 75.8 cm³/mol. The monoisotopic (exact) mass is 296 g/mol. The normalized spacial score (nSPS) is 28.2. The molecule has 3 heteroatoms. The van der Waals surface area contributed by atoms with Crippen LogP contribution >= 0.6 is 15.9 Å². The fourth-order valence-corrected chi connectivity index (χ4v) is 3.33. The molecular weight excluding hydrogens is 276 g/mol. The lowest BCUT2D eigenvalue weighted by molar-refractivity contribution is 0.000164. The molecule has 1 saturated carbocycles. The van der Waals surface area contributed by atoms with Gasteiger partial charge >= 0.3 is 0 Å². The molecule has 0 bridgehead atoms. The third-order valence-electron chi connectivity index (χ3n) is 4.01. The highest BCUT2D eigenvalue weighted by atomic mass is 79.9. The van der Waals surface area contributed by atoms with Crippen molar-refractivity contribution >= 4 is 15.9 Å². The summed E-state index contributed by atoms with van der Waals surface area (Å²) in [4.78, 5) is 2.42. The first kappa shape index (κ1) is 13.1. The fraction of sp³-hybridized carbons (Fsp3) is 0.571. The molecular formula is C14H21BrN2. The van der Waals surface area contributed by atoms with E-state index >= 15 is 0 Å². The lowest BCUT2D eigenvalue weighted by Crippen LogP contribution is -2.59. The summed E-state index contributed by atoms with van der Waals surface area (Å²) in [6.07, 6.45) is 2.45. The van der Waals surface area contributed by atoms with Crippen LogP contribution in [0.3, 0.4) is 0 Å². The second kappa shape index (κ2) is 5.09. The number of halogens is 1. The SMILES string of the molecule is CC1CC(CN)(N(C)Cc2ccccc2Br)C1. The van der Waals surface area contributed by atoms with Crippen molar-refractivity contribution in [2.75, 3.05) is 13.6 Å². The van der Waals surface area contributed by atoms with E-state index in [0.29, 0.717) is 0 Å². The van der Waals surface area contributed by atoms with Gasteiger partial charge in [0.15, 0.2) is 0 Å². The molecule has 0 aliphatic heterocycles. The Hall–Kier alpha value is -0.380. The maximum absolute atomic E-state index is 5.97. The molecule has 0 saturated heterocycles. The molecule has 0 amide bonds. The second-order valence-corrected chi connectivity index (χ2v) is 6.24. The van der Waals surface area contributed by atoms with Crippen LogP contribution in [0.15, 0.2) is 28.7 Å². The van der Waals surface area contributed by atoms with Crippen LogP contribution in [0.1, 0.15) is 25.3 Å². The Kier molecular flexibility index (Phi) is 3.91. The fourth-order valence-electron chi connectivity index (χ4n) is 2.92. The van der Waals surface area contributed by atoms with E-state index in [0.717, 1.165) is 19.0 Å². The van der Waals surface area contributed by atoms with Gasteiger partial charge in [-0.3, -0.25) is 4.90 Å². The molecule has 0 unspecified atom stereocenters. The Morgan fingerprint density at radius 3 is 2.59 bits per heavy atom. The van der Waals surface area contributed by atoms with Gasteiger partial charge in [0.1, 0.15) is 0 Å². The van der Waals surface area contributed by atoms with Gasteiger partial charge in [0.2, 0.25) is 0 Å². The second-order valence-electron chi connectivity index (χ2n) is 5.39. The van der Waals surface area contributed by atoms with Crippen molar-refractivity contribution < 1.29 is 0 Å². The van der Waals surface area contributed by atoms with E-state index in [4.69, 9.17) is 5.73 Å². The molecule has 1 aromatic rings. The van der Waals surface area contributed by atoms with Crippen LogP contribution in [0.2, 0.25) is 0 Å². The van der Waals surface area contributed by atoms with E-state index in [1.807, 2.05) is 0 Å². The zero-order chi connectivity index (χ0) is 12.5. The zero-order valence-electron chi connectivity index (χ0n) is 10.6. The number of rotatable bonds is 4. The maximum Gasteiger partial charge on any atom is 0.0337 e. The first-order valence-corrected chi connectivity index (χ1v) is 7.01. The van der Waals surface area contributed by atoms with Crippen LogP contribution in [-0.4, -0.2) is 24.0 Å². The lowest BCUT2D eigenvalue weighted by Gasteiger charge is -2.52. The summed E-state index contributed by atoms with van der Waals surface area (Å²) >= 11 is 3.61. The Morgan fingerprint density at radius 1 is 1.41 bits per heavy atom. The molecule has 0 atom stereocenters. The minimum Gasteiger partial charge on any atom is -0.329 e. The van der Waals surface area contributed by atoms with Gasteiger partial charge in [-0.05, 0) is 37.4 Å². The molecule has 17 heavy (non-hydrogen) atoms. The molecule has 0 aromatic heterocycles. The van der Waals surface area contributed by atoms with Gasteiger partial charge in [-0.2, -0.15) is 0 Å². The van der Waals surface area contributed by atoms with Gasteiger partial charge in [0.05, 0.1) is 0 Å². The van der Waals surface area contributed by atoms with Crippen molar-refractivity contribution in [3.05, 3.63) is 34.3 Å². The third-order valence-corrected chi connectivity index (χ3v) is 4.79. The van der Waals surface area contributed by atoms with Crippen molar-refractivity contribution in [3.63, 3.8) is 0 Å². The summed E-state index contributed by atoms with van der Waals surface area (Å²) in [5.74, 6) is 0.820. The van der Waals surface area contributed by atoms with E-state index in [2.05, 4.69) is 59.1 Å². The Morgan fingerprint density at radius 2 is 2.06 bits per heavy atom. The highest BCUT2D eigenvalue weighted by Gasteiger charge is 2.43. The first-order chi connectivity index (χ1) is 8.07. The summed E-state index contributed by atoms with van der Waals surface area (Å²) in [6, 6.07) is 8.42. The number of hydrogen-bond donors (Lipinski definition) is 1. The zero-order valence-corrected chi connectivity index (χ0v) is 12.2. The molecule has 1 aliphatic carbocycles. The Balaban J connectivity index is 2.06. The maximum atomic E-state index is 5.97. The lowest BCUT2D eigenvalue weighted by atomic mass is 9.68. The average Bonchev–Trinajstić information content (AvgIpc) is 2.27. The average molecular weight is 297 g/mol. The summed E-state index contributed by atoms with van der Waals surface area (Å²) in [5.41, 5.74) is 7.54. The smallest absolute Gasteiger partial charge is 0.0337 e. The summed E-state index contributed by atoms with van der Waals surface area (Å²) < 4.78 is 1.19. The van der Waals surface area contributed by atoms with E-state index in [9.17, 15) is 0 Å². The van der Waals surface area contributed by atoms with E-state index in [1.54, 1.807) is 0 Å². The van der Waals surface area contributed by atoms with Gasteiger partial charge in [-0.25, -0.2) is 0 Å². The van der Waals surface area contributed by atoms with Crippen molar-refractivity contribution in [3.8, 4) is 0 Å².